The molecular weight excluding hydrogens is 254 g/mol. The summed E-state index contributed by atoms with van der Waals surface area (Å²) in [5.74, 6) is -0.0357. The fourth-order valence-corrected chi connectivity index (χ4v) is 3.04. The number of hydrogen-bond donors (Lipinski definition) is 2. The van der Waals surface area contributed by atoms with Gasteiger partial charge in [0.15, 0.2) is 9.84 Å². The Morgan fingerprint density at radius 1 is 1.50 bits per heavy atom. The molecule has 2 N–H and O–H groups in total. The molecule has 0 radical (unpaired) electrons. The predicted octanol–water partition coefficient (Wildman–Crippen LogP) is 1.19. The lowest BCUT2D eigenvalue weighted by molar-refractivity contribution is -0.126. The van der Waals surface area contributed by atoms with Crippen LogP contribution in [0.5, 0.6) is 0 Å². The second-order valence-corrected chi connectivity index (χ2v) is 7.62. The zero-order valence-corrected chi connectivity index (χ0v) is 11.5. The first kappa shape index (κ1) is 13.1. The van der Waals surface area contributed by atoms with E-state index in [4.69, 9.17) is 0 Å². The van der Waals surface area contributed by atoms with E-state index in [9.17, 15) is 13.2 Å². The number of carbonyl (C=O) groups is 1. The summed E-state index contributed by atoms with van der Waals surface area (Å²) in [6.45, 7) is 4.21. The first-order valence-electron chi connectivity index (χ1n) is 5.73. The van der Waals surface area contributed by atoms with E-state index in [0.717, 1.165) is 19.1 Å². The number of hydrogen-bond acceptors (Lipinski definition) is 4. The topological polar surface area (TPSA) is 91.9 Å². The molecule has 1 aromatic heterocycles. The van der Waals surface area contributed by atoms with Gasteiger partial charge < -0.3 is 5.32 Å². The van der Waals surface area contributed by atoms with E-state index < -0.39 is 9.84 Å². The monoisotopic (exact) mass is 271 g/mol. The Morgan fingerprint density at radius 3 is 2.61 bits per heavy atom. The van der Waals surface area contributed by atoms with Gasteiger partial charge in [-0.05, 0) is 18.3 Å². The van der Waals surface area contributed by atoms with Crippen LogP contribution in [0, 0.1) is 11.3 Å². The number of H-pyrrole nitrogens is 1. The SMILES string of the molecule is CC1(C)CC(C(=O)Nc2[nH]ncc2S(C)(=O)=O)C1. The van der Waals surface area contributed by atoms with Gasteiger partial charge in [0.25, 0.3) is 0 Å². The number of rotatable bonds is 3. The molecule has 6 nitrogen and oxygen atoms in total. The molecule has 0 unspecified atom stereocenters. The van der Waals surface area contributed by atoms with Crippen molar-refractivity contribution in [2.75, 3.05) is 11.6 Å². The predicted molar refractivity (Wildman–Crippen MR) is 66.8 cm³/mol. The number of amides is 1. The van der Waals surface area contributed by atoms with Crippen molar-refractivity contribution in [1.82, 2.24) is 10.2 Å². The van der Waals surface area contributed by atoms with Crippen LogP contribution in [0.1, 0.15) is 26.7 Å². The first-order chi connectivity index (χ1) is 8.19. The Balaban J connectivity index is 2.07. The summed E-state index contributed by atoms with van der Waals surface area (Å²) >= 11 is 0. The average molecular weight is 271 g/mol. The van der Waals surface area contributed by atoms with Crippen LogP contribution < -0.4 is 5.32 Å². The molecule has 1 aliphatic rings. The van der Waals surface area contributed by atoms with E-state index >= 15 is 0 Å². The number of anilines is 1. The van der Waals surface area contributed by atoms with Crippen molar-refractivity contribution in [3.8, 4) is 0 Å². The molecule has 0 saturated heterocycles. The summed E-state index contributed by atoms with van der Waals surface area (Å²) in [6, 6.07) is 0. The van der Waals surface area contributed by atoms with Crippen LogP contribution in [-0.4, -0.2) is 30.8 Å². The van der Waals surface area contributed by atoms with Crippen molar-refractivity contribution in [2.45, 2.75) is 31.6 Å². The molecule has 1 amide bonds. The summed E-state index contributed by atoms with van der Waals surface area (Å²) in [4.78, 5) is 11.9. The van der Waals surface area contributed by atoms with E-state index in [0.29, 0.717) is 0 Å². The number of aromatic amines is 1. The van der Waals surface area contributed by atoms with Crippen molar-refractivity contribution in [3.63, 3.8) is 0 Å². The van der Waals surface area contributed by atoms with Crippen molar-refractivity contribution in [1.29, 1.82) is 0 Å². The number of nitrogens with zero attached hydrogens (tertiary/aromatic N) is 1. The van der Waals surface area contributed by atoms with E-state index in [1.165, 1.54) is 6.20 Å². The standard InChI is InChI=1S/C11H17N3O3S/c1-11(2)4-7(5-11)10(15)13-9-8(6-12-14-9)18(3,16)17/h6-7H,4-5H2,1-3H3,(H2,12,13,14,15). The molecule has 18 heavy (non-hydrogen) atoms. The molecule has 2 rings (SSSR count). The van der Waals surface area contributed by atoms with Crippen molar-refractivity contribution >= 4 is 21.6 Å². The summed E-state index contributed by atoms with van der Waals surface area (Å²) < 4.78 is 22.9. The molecule has 1 aromatic rings. The van der Waals surface area contributed by atoms with Crippen molar-refractivity contribution in [3.05, 3.63) is 6.20 Å². The largest absolute Gasteiger partial charge is 0.310 e. The zero-order valence-electron chi connectivity index (χ0n) is 10.6. The van der Waals surface area contributed by atoms with Crippen LogP contribution in [0.25, 0.3) is 0 Å². The highest BCUT2D eigenvalue weighted by Gasteiger charge is 2.40. The van der Waals surface area contributed by atoms with Gasteiger partial charge in [-0.25, -0.2) is 8.42 Å². The molecule has 0 bridgehead atoms. The summed E-state index contributed by atoms with van der Waals surface area (Å²) in [7, 11) is -3.38. The van der Waals surface area contributed by atoms with E-state index in [1.54, 1.807) is 0 Å². The maximum atomic E-state index is 11.9. The Kier molecular flexibility index (Phi) is 2.96. The summed E-state index contributed by atoms with van der Waals surface area (Å²) in [6.07, 6.45) is 3.93. The van der Waals surface area contributed by atoms with E-state index in [1.807, 2.05) is 0 Å². The van der Waals surface area contributed by atoms with Crippen LogP contribution in [0.2, 0.25) is 0 Å². The minimum atomic E-state index is -3.38. The van der Waals surface area contributed by atoms with Gasteiger partial charge in [0.2, 0.25) is 5.91 Å². The van der Waals surface area contributed by atoms with E-state index in [2.05, 4.69) is 29.4 Å². The smallest absolute Gasteiger partial charge is 0.228 e. The summed E-state index contributed by atoms with van der Waals surface area (Å²) in [5, 5.41) is 8.76. The third kappa shape index (κ3) is 2.55. The minimum absolute atomic E-state index is 0.0226. The number of sulfone groups is 1. The molecule has 1 saturated carbocycles. The Hall–Kier alpha value is -1.37. The number of nitrogens with one attached hydrogen (secondary N) is 2. The molecule has 100 valence electrons. The molecule has 7 heteroatoms. The lowest BCUT2D eigenvalue weighted by Crippen LogP contribution is -2.39. The fourth-order valence-electron chi connectivity index (χ4n) is 2.33. The van der Waals surface area contributed by atoms with E-state index in [-0.39, 0.29) is 28.0 Å². The second-order valence-electron chi connectivity index (χ2n) is 5.64. The first-order valence-corrected chi connectivity index (χ1v) is 7.62. The van der Waals surface area contributed by atoms with Gasteiger partial charge in [-0.3, -0.25) is 9.89 Å². The van der Waals surface area contributed by atoms with Gasteiger partial charge >= 0.3 is 0 Å². The van der Waals surface area contributed by atoms with Crippen LogP contribution in [-0.2, 0) is 14.6 Å². The molecule has 0 aromatic carbocycles. The lowest BCUT2D eigenvalue weighted by atomic mass is 9.64. The van der Waals surface area contributed by atoms with Gasteiger partial charge in [-0.1, -0.05) is 13.8 Å². The molecule has 0 atom stereocenters. The molecule has 1 fully saturated rings. The quantitative estimate of drug-likeness (QED) is 0.863. The number of aromatic nitrogens is 2. The highest BCUT2D eigenvalue weighted by Crippen LogP contribution is 2.45. The fraction of sp³-hybridized carbons (Fsp3) is 0.636. The van der Waals surface area contributed by atoms with Crippen LogP contribution in [0.15, 0.2) is 11.1 Å². The average Bonchev–Trinajstić information content (AvgIpc) is 2.61. The van der Waals surface area contributed by atoms with Gasteiger partial charge in [0, 0.05) is 12.2 Å². The van der Waals surface area contributed by atoms with Gasteiger partial charge in [-0.2, -0.15) is 5.10 Å². The van der Waals surface area contributed by atoms with Gasteiger partial charge in [0.05, 0.1) is 6.20 Å². The van der Waals surface area contributed by atoms with Crippen molar-refractivity contribution < 1.29 is 13.2 Å². The maximum Gasteiger partial charge on any atom is 0.228 e. The lowest BCUT2D eigenvalue weighted by Gasteiger charge is -2.41. The van der Waals surface area contributed by atoms with Gasteiger partial charge in [0.1, 0.15) is 10.7 Å². The zero-order chi connectivity index (χ0) is 13.6. The normalized spacial score (nSPS) is 19.3. The highest BCUT2D eigenvalue weighted by atomic mass is 32.2. The number of carbonyl (C=O) groups excluding carboxylic acids is 1. The highest BCUT2D eigenvalue weighted by molar-refractivity contribution is 7.90. The molecule has 1 aliphatic carbocycles. The maximum absolute atomic E-state index is 11.9. The Morgan fingerprint density at radius 2 is 2.11 bits per heavy atom. The minimum Gasteiger partial charge on any atom is -0.310 e. The van der Waals surface area contributed by atoms with Gasteiger partial charge in [-0.15, -0.1) is 0 Å². The molecular formula is C11H17N3O3S. The molecule has 0 aliphatic heterocycles. The Bertz CT molecular complexity index is 566. The third-order valence-electron chi connectivity index (χ3n) is 3.22. The molecule has 1 heterocycles. The van der Waals surface area contributed by atoms with Crippen LogP contribution in [0.4, 0.5) is 5.82 Å². The van der Waals surface area contributed by atoms with Crippen LogP contribution in [0.3, 0.4) is 0 Å². The Labute approximate surface area is 106 Å². The molecule has 0 spiro atoms. The summed E-state index contributed by atoms with van der Waals surface area (Å²) in [5.41, 5.74) is 0.204. The van der Waals surface area contributed by atoms with Crippen molar-refractivity contribution in [2.24, 2.45) is 11.3 Å². The third-order valence-corrected chi connectivity index (χ3v) is 4.33. The second kappa shape index (κ2) is 4.08. The van der Waals surface area contributed by atoms with Crippen LogP contribution >= 0.6 is 0 Å².